The van der Waals surface area contributed by atoms with Crippen molar-refractivity contribution in [3.05, 3.63) is 53.0 Å². The van der Waals surface area contributed by atoms with Crippen molar-refractivity contribution in [1.82, 2.24) is 15.2 Å². The molecule has 0 aliphatic carbocycles. The van der Waals surface area contributed by atoms with Gasteiger partial charge in [0.25, 0.3) is 0 Å². The molecule has 0 atom stereocenters. The summed E-state index contributed by atoms with van der Waals surface area (Å²) in [5.41, 5.74) is 8.59. The number of ether oxygens (including phenoxy) is 1. The van der Waals surface area contributed by atoms with Gasteiger partial charge < -0.3 is 10.5 Å². The van der Waals surface area contributed by atoms with Crippen molar-refractivity contribution in [2.75, 3.05) is 5.73 Å². The number of benzene rings is 2. The Morgan fingerprint density at radius 1 is 1.13 bits per heavy atom. The van der Waals surface area contributed by atoms with Gasteiger partial charge in [0, 0.05) is 19.3 Å². The summed E-state index contributed by atoms with van der Waals surface area (Å²) in [6.45, 7) is 4.01. The summed E-state index contributed by atoms with van der Waals surface area (Å²) in [5.74, 6) is 1.03. The molecule has 2 N–H and O–H groups in total. The second kappa shape index (κ2) is 9.53. The summed E-state index contributed by atoms with van der Waals surface area (Å²) >= 11 is 3.00. The van der Waals surface area contributed by atoms with E-state index in [1.807, 2.05) is 56.3 Å². The molecule has 2 aromatic heterocycles. The highest BCUT2D eigenvalue weighted by atomic mass is 32.1. The zero-order chi connectivity index (χ0) is 21.8. The van der Waals surface area contributed by atoms with Crippen molar-refractivity contribution in [2.45, 2.75) is 45.6 Å². The van der Waals surface area contributed by atoms with Crippen LogP contribution in [0.1, 0.15) is 37.3 Å². The van der Waals surface area contributed by atoms with Crippen LogP contribution in [0.3, 0.4) is 0 Å². The quantitative estimate of drug-likeness (QED) is 0.370. The number of para-hydroxylation sites is 1. The number of hydrogen-bond acceptors (Lipinski definition) is 8. The first-order valence-corrected chi connectivity index (χ1v) is 11.9. The van der Waals surface area contributed by atoms with E-state index in [9.17, 15) is 4.79 Å². The van der Waals surface area contributed by atoms with Gasteiger partial charge in [-0.3, -0.25) is 4.79 Å². The van der Waals surface area contributed by atoms with Crippen molar-refractivity contribution in [3.8, 4) is 16.3 Å². The molecule has 0 aliphatic heterocycles. The van der Waals surface area contributed by atoms with Crippen LogP contribution in [0.25, 0.3) is 20.8 Å². The van der Waals surface area contributed by atoms with E-state index in [0.717, 1.165) is 49.9 Å². The Bertz CT molecular complexity index is 1200. The molecule has 0 saturated heterocycles. The number of thiazole rings is 1. The number of anilines is 1. The average Bonchev–Trinajstić information content (AvgIpc) is 3.33. The molecule has 0 radical (unpaired) electrons. The lowest BCUT2D eigenvalue weighted by molar-refractivity contribution is -0.118. The number of carbonyl (C=O) groups excluding carboxylic acids is 1. The number of nitrogen functional groups attached to an aromatic ring is 1. The highest BCUT2D eigenvalue weighted by Gasteiger charge is 2.13. The second-order valence-corrected chi connectivity index (χ2v) is 9.71. The Kier molecular flexibility index (Phi) is 6.58. The lowest BCUT2D eigenvalue weighted by atomic mass is 10.0. The van der Waals surface area contributed by atoms with E-state index in [4.69, 9.17) is 10.5 Å². The van der Waals surface area contributed by atoms with Gasteiger partial charge in [-0.25, -0.2) is 4.98 Å². The molecule has 0 saturated carbocycles. The van der Waals surface area contributed by atoms with Crippen LogP contribution in [0.15, 0.2) is 42.5 Å². The van der Waals surface area contributed by atoms with Gasteiger partial charge in [-0.15, -0.1) is 10.2 Å². The molecule has 31 heavy (non-hydrogen) atoms. The van der Waals surface area contributed by atoms with Gasteiger partial charge in [-0.05, 0) is 50.1 Å². The normalized spacial score (nSPS) is 11.3. The van der Waals surface area contributed by atoms with E-state index in [2.05, 4.69) is 15.2 Å². The highest BCUT2D eigenvalue weighted by molar-refractivity contribution is 7.22. The molecule has 6 nitrogen and oxygen atoms in total. The molecular formula is C23H24N4O2S2. The fourth-order valence-electron chi connectivity index (χ4n) is 3.31. The van der Waals surface area contributed by atoms with Crippen molar-refractivity contribution < 1.29 is 9.53 Å². The van der Waals surface area contributed by atoms with Crippen LogP contribution in [0.2, 0.25) is 0 Å². The minimum atomic E-state index is 0.0914. The third-order valence-electron chi connectivity index (χ3n) is 4.66. The third kappa shape index (κ3) is 5.45. The molecule has 0 aliphatic rings. The van der Waals surface area contributed by atoms with Crippen molar-refractivity contribution >= 4 is 43.8 Å². The number of aromatic nitrogens is 3. The van der Waals surface area contributed by atoms with Crippen LogP contribution < -0.4 is 10.5 Å². The molecule has 0 fully saturated rings. The number of nitrogens with zero attached hydrogens (tertiary/aromatic N) is 3. The first kappa shape index (κ1) is 21.4. The predicted octanol–water partition coefficient (Wildman–Crippen LogP) is 5.32. The Labute approximate surface area is 189 Å². The summed E-state index contributed by atoms with van der Waals surface area (Å²) < 4.78 is 6.91. The fourth-order valence-corrected chi connectivity index (χ4v) is 5.02. The van der Waals surface area contributed by atoms with Gasteiger partial charge >= 0.3 is 0 Å². The topological polar surface area (TPSA) is 91.0 Å². The smallest absolute Gasteiger partial charge is 0.181 e. The minimum absolute atomic E-state index is 0.0914. The molecule has 0 amide bonds. The molecular weight excluding hydrogens is 428 g/mol. The summed E-state index contributed by atoms with van der Waals surface area (Å²) in [6, 6.07) is 13.8. The number of carbonyl (C=O) groups is 1. The Hall–Kier alpha value is -2.84. The summed E-state index contributed by atoms with van der Waals surface area (Å²) in [7, 11) is 0. The van der Waals surface area contributed by atoms with E-state index in [-0.39, 0.29) is 11.9 Å². The Balaban J connectivity index is 1.32. The number of rotatable bonds is 9. The van der Waals surface area contributed by atoms with E-state index in [0.29, 0.717) is 18.0 Å². The predicted molar refractivity (Wildman–Crippen MR) is 127 cm³/mol. The van der Waals surface area contributed by atoms with E-state index in [1.54, 1.807) is 11.3 Å². The van der Waals surface area contributed by atoms with Gasteiger partial charge in [0.2, 0.25) is 0 Å². The van der Waals surface area contributed by atoms with Gasteiger partial charge in [0.05, 0.1) is 21.9 Å². The molecule has 160 valence electrons. The third-order valence-corrected chi connectivity index (χ3v) is 6.53. The SMILES string of the molecule is CC(C)Oc1ccccc1-c1nnc(CCCC(=O)Cc2ccc3nc(N)sc3c2)s1. The number of ketones is 1. The fraction of sp³-hybridized carbons (Fsp3) is 0.304. The van der Waals surface area contributed by atoms with Crippen LogP contribution in [-0.2, 0) is 17.6 Å². The number of aryl methyl sites for hydroxylation is 1. The first-order chi connectivity index (χ1) is 15.0. The maximum Gasteiger partial charge on any atom is 0.181 e. The summed E-state index contributed by atoms with van der Waals surface area (Å²) in [5, 5.41) is 11.0. The standard InChI is InChI=1S/C23H24N4O2S2/c1-14(2)29-19-8-4-3-7-17(19)22-27-26-21(31-22)9-5-6-16(28)12-15-10-11-18-20(13-15)30-23(24)25-18/h3-4,7-8,10-11,13-14H,5-6,9,12H2,1-2H3,(H2,24,25). The van der Waals surface area contributed by atoms with E-state index in [1.165, 1.54) is 11.3 Å². The molecule has 4 aromatic rings. The minimum Gasteiger partial charge on any atom is -0.490 e. The summed E-state index contributed by atoms with van der Waals surface area (Å²) in [4.78, 5) is 16.7. The lowest BCUT2D eigenvalue weighted by Crippen LogP contribution is -2.06. The number of hydrogen-bond donors (Lipinski definition) is 1. The van der Waals surface area contributed by atoms with Crippen LogP contribution in [0.4, 0.5) is 5.13 Å². The van der Waals surface area contributed by atoms with Gasteiger partial charge in [0.1, 0.15) is 16.5 Å². The van der Waals surface area contributed by atoms with E-state index < -0.39 is 0 Å². The zero-order valence-electron chi connectivity index (χ0n) is 17.5. The second-order valence-electron chi connectivity index (χ2n) is 7.59. The molecule has 2 aromatic carbocycles. The monoisotopic (exact) mass is 452 g/mol. The van der Waals surface area contributed by atoms with Crippen LogP contribution in [0, 0.1) is 0 Å². The average molecular weight is 453 g/mol. The largest absolute Gasteiger partial charge is 0.490 e. The number of fused-ring (bicyclic) bond motifs is 1. The van der Waals surface area contributed by atoms with Gasteiger partial charge in [0.15, 0.2) is 10.1 Å². The van der Waals surface area contributed by atoms with Crippen LogP contribution >= 0.6 is 22.7 Å². The van der Waals surface area contributed by atoms with Crippen LogP contribution in [0.5, 0.6) is 5.75 Å². The molecule has 0 unspecified atom stereocenters. The molecule has 0 bridgehead atoms. The van der Waals surface area contributed by atoms with Crippen molar-refractivity contribution in [3.63, 3.8) is 0 Å². The van der Waals surface area contributed by atoms with E-state index >= 15 is 0 Å². The molecule has 8 heteroatoms. The number of nitrogens with two attached hydrogens (primary N) is 1. The van der Waals surface area contributed by atoms with Crippen LogP contribution in [-0.4, -0.2) is 27.1 Å². The Morgan fingerprint density at radius 2 is 1.97 bits per heavy atom. The maximum atomic E-state index is 12.4. The van der Waals surface area contributed by atoms with Gasteiger partial charge in [-0.1, -0.05) is 40.9 Å². The number of Topliss-reactive ketones (excluding diaryl/α,β-unsaturated/α-hetero) is 1. The maximum absolute atomic E-state index is 12.4. The van der Waals surface area contributed by atoms with Crippen molar-refractivity contribution in [2.24, 2.45) is 0 Å². The van der Waals surface area contributed by atoms with Crippen molar-refractivity contribution in [1.29, 1.82) is 0 Å². The zero-order valence-corrected chi connectivity index (χ0v) is 19.1. The molecule has 4 rings (SSSR count). The molecule has 2 heterocycles. The highest BCUT2D eigenvalue weighted by Crippen LogP contribution is 2.33. The van der Waals surface area contributed by atoms with Gasteiger partial charge in [-0.2, -0.15) is 0 Å². The lowest BCUT2D eigenvalue weighted by Gasteiger charge is -2.12. The molecule has 0 spiro atoms. The summed E-state index contributed by atoms with van der Waals surface area (Å²) in [6.07, 6.45) is 2.53. The Morgan fingerprint density at radius 3 is 2.81 bits per heavy atom. The first-order valence-electron chi connectivity index (χ1n) is 10.2.